The van der Waals surface area contributed by atoms with Gasteiger partial charge in [-0.05, 0) is 32.1 Å². The summed E-state index contributed by atoms with van der Waals surface area (Å²) >= 11 is 0. The van der Waals surface area contributed by atoms with E-state index in [1.54, 1.807) is 6.92 Å². The Bertz CT molecular complexity index is 579. The second-order valence-corrected chi connectivity index (χ2v) is 13.6. The van der Waals surface area contributed by atoms with Crippen molar-refractivity contribution in [2.45, 2.75) is 142 Å². The topological polar surface area (TPSA) is 72.8 Å². The fraction of sp³-hybridized carbons (Fsp3) is 0.967. The normalized spacial score (nSPS) is 14.5. The first-order chi connectivity index (χ1) is 17.6. The van der Waals surface area contributed by atoms with Gasteiger partial charge in [0.2, 0.25) is 0 Å². The van der Waals surface area contributed by atoms with Crippen molar-refractivity contribution in [1.82, 2.24) is 0 Å². The summed E-state index contributed by atoms with van der Waals surface area (Å²) in [5.41, 5.74) is 0. The molecule has 0 bridgehead atoms. The van der Waals surface area contributed by atoms with Gasteiger partial charge in [0.05, 0.1) is 40.9 Å². The lowest BCUT2D eigenvalue weighted by Gasteiger charge is -2.23. The molecule has 0 aromatic carbocycles. The molecule has 0 aromatic rings. The van der Waals surface area contributed by atoms with E-state index in [-0.39, 0.29) is 24.9 Å². The van der Waals surface area contributed by atoms with Crippen LogP contribution in [0.4, 0.5) is 0 Å². The van der Waals surface area contributed by atoms with E-state index in [9.17, 15) is 14.3 Å². The summed E-state index contributed by atoms with van der Waals surface area (Å²) in [4.78, 5) is 21.6. The lowest BCUT2D eigenvalue weighted by Crippen LogP contribution is -2.35. The van der Waals surface area contributed by atoms with Crippen LogP contribution in [0, 0.1) is 5.92 Å². The Morgan fingerprint density at radius 3 is 1.62 bits per heavy atom. The number of hydrogen-bond donors (Lipinski definition) is 1. The molecule has 0 amide bonds. The molecule has 0 spiro atoms. The third kappa shape index (κ3) is 28.6. The summed E-state index contributed by atoms with van der Waals surface area (Å²) in [5.74, 6) is 0.0745. The SMILES string of the molecule is CCCCCCCCCCCCCCCCCCC(COP(=O)(O)OCCCC[N+](C)(C)C)CC(C)=O. The summed E-state index contributed by atoms with van der Waals surface area (Å²) in [6.45, 7) is 5.15. The standard InChI is InChI=1S/C30H62NO5P/c1-6-7-8-9-10-11-12-13-14-15-16-17-18-19-20-21-24-30(27-29(2)32)28-36-37(33,34)35-26-23-22-25-31(3,4)5/h30H,6-28H2,1-5H3/p+1. The average molecular weight is 549 g/mol. The van der Waals surface area contributed by atoms with Crippen LogP contribution in [0.1, 0.15) is 142 Å². The van der Waals surface area contributed by atoms with E-state index < -0.39 is 7.82 Å². The number of rotatable bonds is 28. The summed E-state index contributed by atoms with van der Waals surface area (Å²) in [7, 11) is 2.30. The van der Waals surface area contributed by atoms with Gasteiger partial charge >= 0.3 is 7.82 Å². The number of ketones is 1. The van der Waals surface area contributed by atoms with Crippen LogP contribution in [0.15, 0.2) is 0 Å². The number of carbonyl (C=O) groups excluding carboxylic acids is 1. The number of unbranched alkanes of at least 4 members (excludes halogenated alkanes) is 16. The van der Waals surface area contributed by atoms with Gasteiger partial charge in [-0.2, -0.15) is 0 Å². The van der Waals surface area contributed by atoms with E-state index in [0.29, 0.717) is 6.42 Å². The number of hydrogen-bond acceptors (Lipinski definition) is 4. The number of quaternary nitrogens is 1. The van der Waals surface area contributed by atoms with Crippen LogP contribution in [0.3, 0.4) is 0 Å². The molecule has 0 saturated heterocycles. The smallest absolute Gasteiger partial charge is 0.331 e. The van der Waals surface area contributed by atoms with Crippen molar-refractivity contribution < 1.29 is 27.8 Å². The van der Waals surface area contributed by atoms with Crippen LogP contribution in [-0.2, 0) is 18.4 Å². The zero-order chi connectivity index (χ0) is 27.8. The molecule has 37 heavy (non-hydrogen) atoms. The molecule has 2 atom stereocenters. The number of carbonyl (C=O) groups is 1. The van der Waals surface area contributed by atoms with Crippen LogP contribution in [0.5, 0.6) is 0 Å². The van der Waals surface area contributed by atoms with Crippen molar-refractivity contribution in [2.75, 3.05) is 40.9 Å². The molecule has 0 radical (unpaired) electrons. The maximum Gasteiger partial charge on any atom is 0.472 e. The van der Waals surface area contributed by atoms with E-state index in [0.717, 1.165) is 43.1 Å². The molecule has 0 aliphatic heterocycles. The van der Waals surface area contributed by atoms with Gasteiger partial charge in [-0.15, -0.1) is 0 Å². The average Bonchev–Trinajstić information content (AvgIpc) is 2.80. The minimum absolute atomic E-state index is 0.0218. The Hall–Kier alpha value is -0.260. The highest BCUT2D eigenvalue weighted by Gasteiger charge is 2.24. The van der Waals surface area contributed by atoms with Gasteiger partial charge < -0.3 is 14.2 Å². The number of nitrogens with zero attached hydrogens (tertiary/aromatic N) is 1. The van der Waals surface area contributed by atoms with Gasteiger partial charge in [0.1, 0.15) is 5.78 Å². The Labute approximate surface area is 230 Å². The molecule has 0 heterocycles. The van der Waals surface area contributed by atoms with Crippen molar-refractivity contribution in [3.05, 3.63) is 0 Å². The Morgan fingerprint density at radius 2 is 1.19 bits per heavy atom. The van der Waals surface area contributed by atoms with Crippen molar-refractivity contribution in [3.8, 4) is 0 Å². The predicted molar refractivity (Wildman–Crippen MR) is 157 cm³/mol. The Kier molecular flexibility index (Phi) is 23.4. The van der Waals surface area contributed by atoms with E-state index in [1.165, 1.54) is 89.9 Å². The highest BCUT2D eigenvalue weighted by molar-refractivity contribution is 7.47. The summed E-state index contributed by atoms with van der Waals surface area (Å²) in [6.07, 6.45) is 24.2. The largest absolute Gasteiger partial charge is 0.472 e. The van der Waals surface area contributed by atoms with Gasteiger partial charge in [-0.1, -0.05) is 110 Å². The van der Waals surface area contributed by atoms with E-state index in [1.807, 2.05) is 0 Å². The molecule has 0 aromatic heterocycles. The summed E-state index contributed by atoms with van der Waals surface area (Å²) < 4.78 is 23.5. The second kappa shape index (κ2) is 23.6. The predicted octanol–water partition coefficient (Wildman–Crippen LogP) is 8.85. The molecule has 0 saturated carbocycles. The first kappa shape index (κ1) is 36.7. The van der Waals surface area contributed by atoms with Gasteiger partial charge in [-0.25, -0.2) is 4.57 Å². The maximum absolute atomic E-state index is 12.2. The van der Waals surface area contributed by atoms with Crippen molar-refractivity contribution in [1.29, 1.82) is 0 Å². The van der Waals surface area contributed by atoms with Crippen LogP contribution >= 0.6 is 7.82 Å². The fourth-order valence-corrected chi connectivity index (χ4v) is 5.57. The van der Waals surface area contributed by atoms with Gasteiger partial charge in [-0.3, -0.25) is 9.05 Å². The Balaban J connectivity index is 3.79. The molecule has 0 aliphatic rings. The lowest BCUT2D eigenvalue weighted by atomic mass is 9.96. The molecule has 2 unspecified atom stereocenters. The molecule has 6 nitrogen and oxygen atoms in total. The first-order valence-corrected chi connectivity index (χ1v) is 17.0. The molecule has 0 rings (SSSR count). The highest BCUT2D eigenvalue weighted by Crippen LogP contribution is 2.44. The zero-order valence-electron chi connectivity index (χ0n) is 25.3. The number of phosphoric ester groups is 1. The van der Waals surface area contributed by atoms with Crippen molar-refractivity contribution in [3.63, 3.8) is 0 Å². The molecular formula is C30H63NO5P+. The maximum atomic E-state index is 12.2. The van der Waals surface area contributed by atoms with Crippen LogP contribution in [0.2, 0.25) is 0 Å². The number of phosphoric acid groups is 1. The number of Topliss-reactive ketones (excluding diaryl/α,β-unsaturated/α-hetero) is 1. The monoisotopic (exact) mass is 548 g/mol. The van der Waals surface area contributed by atoms with Crippen LogP contribution in [-0.4, -0.2) is 56.1 Å². The first-order valence-electron chi connectivity index (χ1n) is 15.5. The molecule has 0 aliphatic carbocycles. The lowest BCUT2D eigenvalue weighted by molar-refractivity contribution is -0.870. The second-order valence-electron chi connectivity index (χ2n) is 12.2. The van der Waals surface area contributed by atoms with Crippen LogP contribution < -0.4 is 0 Å². The molecule has 222 valence electrons. The molecule has 7 heteroatoms. The summed E-state index contributed by atoms with van der Waals surface area (Å²) in [5, 5.41) is 0. The minimum Gasteiger partial charge on any atom is -0.331 e. The highest BCUT2D eigenvalue weighted by atomic mass is 31.2. The van der Waals surface area contributed by atoms with Gasteiger partial charge in [0, 0.05) is 6.42 Å². The third-order valence-corrected chi connectivity index (χ3v) is 7.98. The van der Waals surface area contributed by atoms with Gasteiger partial charge in [0.15, 0.2) is 0 Å². The minimum atomic E-state index is -4.06. The van der Waals surface area contributed by atoms with E-state index >= 15 is 0 Å². The molecular weight excluding hydrogens is 485 g/mol. The van der Waals surface area contributed by atoms with E-state index in [2.05, 4.69) is 28.1 Å². The quantitative estimate of drug-likeness (QED) is 0.0600. The van der Waals surface area contributed by atoms with Crippen molar-refractivity contribution in [2.24, 2.45) is 5.92 Å². The molecule has 1 N–H and O–H groups in total. The van der Waals surface area contributed by atoms with Gasteiger partial charge in [0.25, 0.3) is 0 Å². The third-order valence-electron chi connectivity index (χ3n) is 6.99. The van der Waals surface area contributed by atoms with E-state index in [4.69, 9.17) is 9.05 Å². The van der Waals surface area contributed by atoms with Crippen molar-refractivity contribution >= 4 is 13.6 Å². The molecule has 0 fully saturated rings. The Morgan fingerprint density at radius 1 is 0.730 bits per heavy atom. The zero-order valence-corrected chi connectivity index (χ0v) is 26.2. The van der Waals surface area contributed by atoms with Crippen LogP contribution in [0.25, 0.3) is 0 Å². The summed E-state index contributed by atoms with van der Waals surface area (Å²) in [6, 6.07) is 0. The fourth-order valence-electron chi connectivity index (χ4n) is 4.74.